The summed E-state index contributed by atoms with van der Waals surface area (Å²) < 4.78 is 8.66. The lowest BCUT2D eigenvalue weighted by atomic mass is 10.1. The second-order valence-corrected chi connectivity index (χ2v) is 5.19. The number of benzene rings is 1. The summed E-state index contributed by atoms with van der Waals surface area (Å²) in [5.41, 5.74) is 1.20. The Morgan fingerprint density at radius 3 is 2.73 bits per heavy atom. The van der Waals surface area contributed by atoms with Crippen LogP contribution in [0.4, 0.5) is 0 Å². The van der Waals surface area contributed by atoms with Gasteiger partial charge in [-0.15, -0.1) is 5.10 Å². The molecule has 22 heavy (non-hydrogen) atoms. The van der Waals surface area contributed by atoms with Crippen LogP contribution in [0.5, 0.6) is 5.75 Å². The molecule has 0 saturated carbocycles. The summed E-state index contributed by atoms with van der Waals surface area (Å²) in [5, 5.41) is 10.9. The van der Waals surface area contributed by atoms with E-state index in [1.54, 1.807) is 7.05 Å². The molecule has 0 aliphatic heterocycles. The number of ether oxygens (including phenoxy) is 1. The second kappa shape index (κ2) is 5.72. The molecular weight excluding hydrogens is 302 g/mol. The third kappa shape index (κ3) is 2.52. The van der Waals surface area contributed by atoms with E-state index in [1.807, 2.05) is 31.2 Å². The standard InChI is InChI=1S/C14H15N5O2S/c1-3-21-10-6-4-9(5-7-10)8-11-12(20)18(2)13-15-16-14(22)19(13)17-11/h4-7H,3,8H2,1-2H3,(H,16,22). The van der Waals surface area contributed by atoms with Gasteiger partial charge in [0, 0.05) is 13.5 Å². The summed E-state index contributed by atoms with van der Waals surface area (Å²) in [7, 11) is 1.65. The van der Waals surface area contributed by atoms with Gasteiger partial charge in [0.15, 0.2) is 0 Å². The minimum Gasteiger partial charge on any atom is -0.494 e. The summed E-state index contributed by atoms with van der Waals surface area (Å²) in [6, 6.07) is 7.60. The summed E-state index contributed by atoms with van der Waals surface area (Å²) in [5.74, 6) is 1.20. The largest absolute Gasteiger partial charge is 0.494 e. The number of aromatic amines is 1. The molecule has 7 nitrogen and oxygen atoms in total. The zero-order valence-corrected chi connectivity index (χ0v) is 13.1. The van der Waals surface area contributed by atoms with Gasteiger partial charge in [-0.1, -0.05) is 12.1 Å². The van der Waals surface area contributed by atoms with Crippen molar-refractivity contribution in [2.45, 2.75) is 13.3 Å². The molecule has 1 aromatic carbocycles. The number of aromatic nitrogens is 5. The Kier molecular flexibility index (Phi) is 3.76. The van der Waals surface area contributed by atoms with Crippen LogP contribution < -0.4 is 10.3 Å². The Hall–Kier alpha value is -2.48. The summed E-state index contributed by atoms with van der Waals surface area (Å²) in [6.07, 6.45) is 0.419. The van der Waals surface area contributed by atoms with Crippen molar-refractivity contribution >= 4 is 18.0 Å². The summed E-state index contributed by atoms with van der Waals surface area (Å²) in [4.78, 5) is 12.3. The minimum absolute atomic E-state index is 0.185. The molecule has 0 aliphatic carbocycles. The Labute approximate surface area is 131 Å². The molecule has 0 aliphatic rings. The molecule has 0 radical (unpaired) electrons. The van der Waals surface area contributed by atoms with E-state index in [0.717, 1.165) is 11.3 Å². The van der Waals surface area contributed by atoms with E-state index in [4.69, 9.17) is 17.0 Å². The van der Waals surface area contributed by atoms with Crippen molar-refractivity contribution in [3.05, 3.63) is 50.6 Å². The second-order valence-electron chi connectivity index (χ2n) is 4.81. The highest BCUT2D eigenvalue weighted by molar-refractivity contribution is 7.71. The van der Waals surface area contributed by atoms with Gasteiger partial charge in [0.25, 0.3) is 11.3 Å². The van der Waals surface area contributed by atoms with Crippen molar-refractivity contribution in [2.75, 3.05) is 6.61 Å². The molecule has 0 fully saturated rings. The Morgan fingerprint density at radius 2 is 2.05 bits per heavy atom. The molecule has 8 heteroatoms. The van der Waals surface area contributed by atoms with Crippen LogP contribution in [0.2, 0.25) is 0 Å². The van der Waals surface area contributed by atoms with Crippen LogP contribution in [-0.2, 0) is 13.5 Å². The Morgan fingerprint density at radius 1 is 1.32 bits per heavy atom. The number of fused-ring (bicyclic) bond motifs is 1. The van der Waals surface area contributed by atoms with E-state index in [1.165, 1.54) is 9.08 Å². The molecule has 0 amide bonds. The quantitative estimate of drug-likeness (QED) is 0.738. The SMILES string of the molecule is CCOc1ccc(Cc2nn3c(=S)[nH]nc3n(C)c2=O)cc1. The van der Waals surface area contributed by atoms with E-state index in [0.29, 0.717) is 29.3 Å². The lowest BCUT2D eigenvalue weighted by Crippen LogP contribution is -2.26. The van der Waals surface area contributed by atoms with Gasteiger partial charge >= 0.3 is 0 Å². The van der Waals surface area contributed by atoms with Gasteiger partial charge in [0.1, 0.15) is 11.4 Å². The number of hydrogen-bond acceptors (Lipinski definition) is 5. The van der Waals surface area contributed by atoms with Crippen molar-refractivity contribution in [1.29, 1.82) is 0 Å². The van der Waals surface area contributed by atoms with Gasteiger partial charge in [0.2, 0.25) is 4.77 Å². The fourth-order valence-corrected chi connectivity index (χ4v) is 2.38. The van der Waals surface area contributed by atoms with E-state index in [9.17, 15) is 4.79 Å². The predicted octanol–water partition coefficient (Wildman–Crippen LogP) is 1.48. The van der Waals surface area contributed by atoms with Crippen LogP contribution in [0.15, 0.2) is 29.1 Å². The van der Waals surface area contributed by atoms with Gasteiger partial charge in [-0.25, -0.2) is 5.10 Å². The molecule has 1 N–H and O–H groups in total. The third-order valence-corrected chi connectivity index (χ3v) is 3.58. The molecule has 114 valence electrons. The number of hydrogen-bond donors (Lipinski definition) is 1. The van der Waals surface area contributed by atoms with E-state index >= 15 is 0 Å². The van der Waals surface area contributed by atoms with Gasteiger partial charge < -0.3 is 4.74 Å². The molecule has 0 bridgehead atoms. The summed E-state index contributed by atoms with van der Waals surface area (Å²) in [6.45, 7) is 2.56. The normalized spacial score (nSPS) is 11.0. The Bertz CT molecular complexity index is 923. The maximum atomic E-state index is 12.3. The lowest BCUT2D eigenvalue weighted by molar-refractivity contribution is 0.340. The monoisotopic (exact) mass is 317 g/mol. The average Bonchev–Trinajstić information content (AvgIpc) is 2.88. The van der Waals surface area contributed by atoms with Gasteiger partial charge in [-0.2, -0.15) is 9.61 Å². The number of nitrogens with zero attached hydrogens (tertiary/aromatic N) is 4. The first-order valence-electron chi connectivity index (χ1n) is 6.85. The Balaban J connectivity index is 1.99. The molecule has 3 aromatic rings. The number of nitrogens with one attached hydrogen (secondary N) is 1. The summed E-state index contributed by atoms with van der Waals surface area (Å²) >= 11 is 5.11. The molecule has 3 rings (SSSR count). The molecule has 2 heterocycles. The average molecular weight is 317 g/mol. The zero-order chi connectivity index (χ0) is 15.7. The van der Waals surface area contributed by atoms with Crippen molar-refractivity contribution in [3.63, 3.8) is 0 Å². The highest BCUT2D eigenvalue weighted by Gasteiger charge is 2.11. The maximum Gasteiger partial charge on any atom is 0.276 e. The fourth-order valence-electron chi connectivity index (χ4n) is 2.21. The third-order valence-electron chi connectivity index (χ3n) is 3.31. The van der Waals surface area contributed by atoms with Crippen LogP contribution in [-0.4, -0.2) is 31.0 Å². The lowest BCUT2D eigenvalue weighted by Gasteiger charge is -2.06. The molecule has 0 spiro atoms. The van der Waals surface area contributed by atoms with Crippen LogP contribution in [0, 0.1) is 4.77 Å². The number of H-pyrrole nitrogens is 1. The first-order chi connectivity index (χ1) is 10.6. The highest BCUT2D eigenvalue weighted by atomic mass is 32.1. The van der Waals surface area contributed by atoms with Gasteiger partial charge in [0.05, 0.1) is 6.61 Å². The van der Waals surface area contributed by atoms with Gasteiger partial charge in [-0.05, 0) is 36.8 Å². The van der Waals surface area contributed by atoms with E-state index in [2.05, 4.69) is 15.3 Å². The van der Waals surface area contributed by atoms with Gasteiger partial charge in [-0.3, -0.25) is 9.36 Å². The van der Waals surface area contributed by atoms with Crippen LogP contribution in [0.1, 0.15) is 18.2 Å². The van der Waals surface area contributed by atoms with E-state index < -0.39 is 0 Å². The fraction of sp³-hybridized carbons (Fsp3) is 0.286. The van der Waals surface area contributed by atoms with Crippen molar-refractivity contribution in [1.82, 2.24) is 24.4 Å². The predicted molar refractivity (Wildman–Crippen MR) is 83.8 cm³/mol. The van der Waals surface area contributed by atoms with E-state index in [-0.39, 0.29) is 5.56 Å². The molecular formula is C14H15N5O2S. The van der Waals surface area contributed by atoms with Crippen LogP contribution >= 0.6 is 12.2 Å². The first-order valence-corrected chi connectivity index (χ1v) is 7.26. The molecule has 0 saturated heterocycles. The molecule has 0 atom stereocenters. The van der Waals surface area contributed by atoms with Crippen molar-refractivity contribution < 1.29 is 4.74 Å². The zero-order valence-electron chi connectivity index (χ0n) is 12.2. The first kappa shape index (κ1) is 14.5. The van der Waals surface area contributed by atoms with Crippen LogP contribution in [0.25, 0.3) is 5.78 Å². The maximum absolute atomic E-state index is 12.3. The van der Waals surface area contributed by atoms with Crippen molar-refractivity contribution in [2.24, 2.45) is 7.05 Å². The van der Waals surface area contributed by atoms with Crippen molar-refractivity contribution in [3.8, 4) is 5.75 Å². The number of rotatable bonds is 4. The molecule has 2 aromatic heterocycles. The molecule has 0 unspecified atom stereocenters. The smallest absolute Gasteiger partial charge is 0.276 e. The highest BCUT2D eigenvalue weighted by Crippen LogP contribution is 2.13. The van der Waals surface area contributed by atoms with Crippen LogP contribution in [0.3, 0.4) is 0 Å². The number of aryl methyl sites for hydroxylation is 1. The minimum atomic E-state index is -0.185. The topological polar surface area (TPSA) is 77.2 Å².